The Morgan fingerprint density at radius 3 is 2.73 bits per heavy atom. The standard InChI is InChI=1S/C11H20N2O2/c12-11(4-1-5-11)10(14)13-6-7-15-8-9-2-3-9/h9H,1-8,12H2,(H,13,14). The van der Waals surface area contributed by atoms with Gasteiger partial charge in [0.25, 0.3) is 0 Å². The van der Waals surface area contributed by atoms with E-state index in [2.05, 4.69) is 5.32 Å². The van der Waals surface area contributed by atoms with Gasteiger partial charge >= 0.3 is 0 Å². The van der Waals surface area contributed by atoms with Gasteiger partial charge in [-0.05, 0) is 38.0 Å². The average molecular weight is 212 g/mol. The highest BCUT2D eigenvalue weighted by molar-refractivity contribution is 5.86. The molecule has 0 aromatic carbocycles. The van der Waals surface area contributed by atoms with E-state index in [9.17, 15) is 4.79 Å². The topological polar surface area (TPSA) is 64.4 Å². The summed E-state index contributed by atoms with van der Waals surface area (Å²) in [6.45, 7) is 2.05. The first-order valence-corrected chi connectivity index (χ1v) is 5.86. The summed E-state index contributed by atoms with van der Waals surface area (Å²) in [6.07, 6.45) is 5.32. The summed E-state index contributed by atoms with van der Waals surface area (Å²) in [4.78, 5) is 11.6. The average Bonchev–Trinajstić information content (AvgIpc) is 2.97. The molecule has 0 unspecified atom stereocenters. The molecule has 2 rings (SSSR count). The van der Waals surface area contributed by atoms with E-state index in [0.717, 1.165) is 31.8 Å². The number of carbonyl (C=O) groups is 1. The molecule has 0 spiro atoms. The number of carbonyl (C=O) groups excluding carboxylic acids is 1. The van der Waals surface area contributed by atoms with Crippen LogP contribution in [-0.2, 0) is 9.53 Å². The molecule has 4 nitrogen and oxygen atoms in total. The van der Waals surface area contributed by atoms with Gasteiger partial charge in [0, 0.05) is 13.2 Å². The fourth-order valence-electron chi connectivity index (χ4n) is 1.73. The Labute approximate surface area is 90.5 Å². The lowest BCUT2D eigenvalue weighted by atomic mass is 9.77. The second-order valence-corrected chi connectivity index (χ2v) is 4.78. The number of hydrogen-bond acceptors (Lipinski definition) is 3. The number of nitrogens with two attached hydrogens (primary N) is 1. The summed E-state index contributed by atoms with van der Waals surface area (Å²) in [5.41, 5.74) is 5.29. The van der Waals surface area contributed by atoms with Gasteiger partial charge in [-0.1, -0.05) is 0 Å². The Morgan fingerprint density at radius 1 is 1.47 bits per heavy atom. The van der Waals surface area contributed by atoms with E-state index < -0.39 is 5.54 Å². The van der Waals surface area contributed by atoms with Crippen molar-refractivity contribution in [2.75, 3.05) is 19.8 Å². The molecule has 2 aliphatic rings. The van der Waals surface area contributed by atoms with E-state index in [1.54, 1.807) is 0 Å². The van der Waals surface area contributed by atoms with Crippen LogP contribution in [0.2, 0.25) is 0 Å². The third kappa shape index (κ3) is 2.92. The van der Waals surface area contributed by atoms with Crippen molar-refractivity contribution < 1.29 is 9.53 Å². The minimum absolute atomic E-state index is 0.0104. The fraction of sp³-hybridized carbons (Fsp3) is 0.909. The van der Waals surface area contributed by atoms with Crippen LogP contribution in [0.3, 0.4) is 0 Å². The van der Waals surface area contributed by atoms with E-state index in [1.165, 1.54) is 12.8 Å². The van der Waals surface area contributed by atoms with Crippen molar-refractivity contribution in [2.45, 2.75) is 37.6 Å². The molecule has 86 valence electrons. The third-order valence-corrected chi connectivity index (χ3v) is 3.28. The Kier molecular flexibility index (Phi) is 3.26. The highest BCUT2D eigenvalue weighted by Crippen LogP contribution is 2.29. The van der Waals surface area contributed by atoms with Crippen LogP contribution in [0.25, 0.3) is 0 Å². The molecule has 2 aliphatic carbocycles. The van der Waals surface area contributed by atoms with Crippen molar-refractivity contribution in [3.63, 3.8) is 0 Å². The van der Waals surface area contributed by atoms with E-state index >= 15 is 0 Å². The quantitative estimate of drug-likeness (QED) is 0.627. The maximum atomic E-state index is 11.6. The van der Waals surface area contributed by atoms with Gasteiger partial charge in [0.05, 0.1) is 12.1 Å². The summed E-state index contributed by atoms with van der Waals surface area (Å²) < 4.78 is 5.42. The van der Waals surface area contributed by atoms with Crippen molar-refractivity contribution >= 4 is 5.91 Å². The largest absolute Gasteiger partial charge is 0.379 e. The van der Waals surface area contributed by atoms with E-state index in [-0.39, 0.29) is 5.91 Å². The Hall–Kier alpha value is -0.610. The van der Waals surface area contributed by atoms with Crippen LogP contribution in [0.15, 0.2) is 0 Å². The lowest BCUT2D eigenvalue weighted by Gasteiger charge is -2.36. The Morgan fingerprint density at radius 2 is 2.20 bits per heavy atom. The minimum atomic E-state index is -0.573. The van der Waals surface area contributed by atoms with Crippen molar-refractivity contribution in [2.24, 2.45) is 11.7 Å². The number of ether oxygens (including phenoxy) is 1. The first-order chi connectivity index (χ1) is 7.21. The molecular weight excluding hydrogens is 192 g/mol. The van der Waals surface area contributed by atoms with Crippen molar-refractivity contribution in [3.8, 4) is 0 Å². The smallest absolute Gasteiger partial charge is 0.240 e. The van der Waals surface area contributed by atoms with E-state index in [0.29, 0.717) is 13.2 Å². The van der Waals surface area contributed by atoms with Crippen molar-refractivity contribution in [1.82, 2.24) is 5.32 Å². The molecule has 0 saturated heterocycles. The highest BCUT2D eigenvalue weighted by atomic mass is 16.5. The number of rotatable bonds is 6. The zero-order chi connectivity index (χ0) is 10.7. The van der Waals surface area contributed by atoms with Gasteiger partial charge in [0.2, 0.25) is 5.91 Å². The van der Waals surface area contributed by atoms with Crippen LogP contribution < -0.4 is 11.1 Å². The van der Waals surface area contributed by atoms with Crippen LogP contribution in [0.1, 0.15) is 32.1 Å². The monoisotopic (exact) mass is 212 g/mol. The van der Waals surface area contributed by atoms with Crippen LogP contribution in [0.5, 0.6) is 0 Å². The van der Waals surface area contributed by atoms with Crippen LogP contribution >= 0.6 is 0 Å². The summed E-state index contributed by atoms with van der Waals surface area (Å²) in [5.74, 6) is 0.775. The van der Waals surface area contributed by atoms with E-state index in [4.69, 9.17) is 10.5 Å². The predicted molar refractivity (Wildman–Crippen MR) is 57.3 cm³/mol. The molecule has 0 bridgehead atoms. The second kappa shape index (κ2) is 4.49. The van der Waals surface area contributed by atoms with Crippen LogP contribution in [-0.4, -0.2) is 31.2 Å². The Balaban J connectivity index is 1.50. The molecule has 2 fully saturated rings. The Bertz CT molecular complexity index is 235. The molecule has 1 amide bonds. The number of nitrogens with one attached hydrogen (secondary N) is 1. The van der Waals surface area contributed by atoms with Gasteiger partial charge in [0.15, 0.2) is 0 Å². The molecule has 0 aromatic heterocycles. The SMILES string of the molecule is NC1(C(=O)NCCOCC2CC2)CCC1. The molecule has 0 aromatic rings. The predicted octanol–water partition coefficient (Wildman–Crippen LogP) is 0.411. The van der Waals surface area contributed by atoms with Gasteiger partial charge in [-0.2, -0.15) is 0 Å². The minimum Gasteiger partial charge on any atom is -0.379 e. The van der Waals surface area contributed by atoms with Crippen LogP contribution in [0, 0.1) is 5.92 Å². The zero-order valence-electron chi connectivity index (χ0n) is 9.13. The van der Waals surface area contributed by atoms with Gasteiger partial charge in [-0.15, -0.1) is 0 Å². The molecule has 15 heavy (non-hydrogen) atoms. The lowest BCUT2D eigenvalue weighted by molar-refractivity contribution is -0.129. The molecule has 0 radical (unpaired) electrons. The fourth-order valence-corrected chi connectivity index (χ4v) is 1.73. The van der Waals surface area contributed by atoms with E-state index in [1.807, 2.05) is 0 Å². The molecule has 3 N–H and O–H groups in total. The highest BCUT2D eigenvalue weighted by Gasteiger charge is 2.39. The summed E-state index contributed by atoms with van der Waals surface area (Å²) >= 11 is 0. The normalized spacial score (nSPS) is 23.3. The van der Waals surface area contributed by atoms with Crippen molar-refractivity contribution in [3.05, 3.63) is 0 Å². The maximum Gasteiger partial charge on any atom is 0.240 e. The first kappa shape index (κ1) is 10.9. The summed E-state index contributed by atoms with van der Waals surface area (Å²) in [7, 11) is 0. The molecule has 0 atom stereocenters. The molecular formula is C11H20N2O2. The van der Waals surface area contributed by atoms with Gasteiger partial charge < -0.3 is 15.8 Å². The lowest BCUT2D eigenvalue weighted by Crippen LogP contribution is -2.58. The molecule has 0 heterocycles. The summed E-state index contributed by atoms with van der Waals surface area (Å²) in [6, 6.07) is 0. The molecule has 2 saturated carbocycles. The van der Waals surface area contributed by atoms with Gasteiger partial charge in [0.1, 0.15) is 0 Å². The first-order valence-electron chi connectivity index (χ1n) is 5.86. The van der Waals surface area contributed by atoms with Gasteiger partial charge in [-0.3, -0.25) is 4.79 Å². The van der Waals surface area contributed by atoms with Crippen LogP contribution in [0.4, 0.5) is 0 Å². The molecule has 4 heteroatoms. The number of hydrogen-bond donors (Lipinski definition) is 2. The zero-order valence-corrected chi connectivity index (χ0v) is 9.13. The number of amides is 1. The second-order valence-electron chi connectivity index (χ2n) is 4.78. The molecule has 0 aliphatic heterocycles. The van der Waals surface area contributed by atoms with Gasteiger partial charge in [-0.25, -0.2) is 0 Å². The summed E-state index contributed by atoms with van der Waals surface area (Å²) in [5, 5.41) is 2.83. The maximum absolute atomic E-state index is 11.6. The van der Waals surface area contributed by atoms with Crippen molar-refractivity contribution in [1.29, 1.82) is 0 Å². The third-order valence-electron chi connectivity index (χ3n) is 3.28.